The van der Waals surface area contributed by atoms with E-state index in [-0.39, 0.29) is 18.7 Å². The number of anilines is 1. The highest BCUT2D eigenvalue weighted by atomic mass is 16.6. The SMILES string of the molecule is CC12C[C@H](O)CN1C(=O)N(c1ccc([N+](=O)[O-])c3ccccc13)C2=O. The van der Waals surface area contributed by atoms with Crippen LogP contribution in [-0.4, -0.2) is 45.1 Å². The molecule has 128 valence electrons. The summed E-state index contributed by atoms with van der Waals surface area (Å²) in [6.07, 6.45) is -0.549. The van der Waals surface area contributed by atoms with Crippen LogP contribution in [0.25, 0.3) is 10.8 Å². The lowest BCUT2D eigenvalue weighted by Gasteiger charge is -2.21. The van der Waals surface area contributed by atoms with E-state index in [0.717, 1.165) is 4.90 Å². The molecule has 0 radical (unpaired) electrons. The van der Waals surface area contributed by atoms with E-state index in [1.807, 2.05) is 0 Å². The Morgan fingerprint density at radius 2 is 1.88 bits per heavy atom. The second-order valence-corrected chi connectivity index (χ2v) is 6.57. The molecule has 2 aliphatic heterocycles. The molecule has 0 aromatic heterocycles. The number of non-ortho nitro benzene ring substituents is 1. The fourth-order valence-corrected chi connectivity index (χ4v) is 3.82. The van der Waals surface area contributed by atoms with Crippen molar-refractivity contribution in [2.45, 2.75) is 25.0 Å². The number of urea groups is 1. The highest BCUT2D eigenvalue weighted by Crippen LogP contribution is 2.42. The fraction of sp³-hybridized carbons (Fsp3) is 0.294. The van der Waals surface area contributed by atoms with Crippen LogP contribution in [0.1, 0.15) is 13.3 Å². The van der Waals surface area contributed by atoms with E-state index in [1.54, 1.807) is 31.2 Å². The molecule has 25 heavy (non-hydrogen) atoms. The molecule has 1 unspecified atom stereocenters. The average molecular weight is 341 g/mol. The van der Waals surface area contributed by atoms with Crippen LogP contribution in [0.4, 0.5) is 16.2 Å². The van der Waals surface area contributed by atoms with Crippen molar-refractivity contribution in [3.05, 3.63) is 46.5 Å². The Balaban J connectivity index is 1.89. The first-order valence-electron chi connectivity index (χ1n) is 7.85. The Kier molecular flexibility index (Phi) is 3.10. The molecule has 4 rings (SSSR count). The van der Waals surface area contributed by atoms with Crippen molar-refractivity contribution >= 4 is 34.1 Å². The van der Waals surface area contributed by atoms with Crippen LogP contribution >= 0.6 is 0 Å². The van der Waals surface area contributed by atoms with Crippen LogP contribution in [0.2, 0.25) is 0 Å². The monoisotopic (exact) mass is 341 g/mol. The van der Waals surface area contributed by atoms with Crippen molar-refractivity contribution in [1.29, 1.82) is 0 Å². The van der Waals surface area contributed by atoms with E-state index in [0.29, 0.717) is 16.5 Å². The lowest BCUT2D eigenvalue weighted by atomic mass is 9.97. The number of carbonyl (C=O) groups is 2. The maximum absolute atomic E-state index is 12.9. The third-order valence-corrected chi connectivity index (χ3v) is 5.02. The van der Waals surface area contributed by atoms with Crippen molar-refractivity contribution in [2.24, 2.45) is 0 Å². The Morgan fingerprint density at radius 3 is 2.52 bits per heavy atom. The summed E-state index contributed by atoms with van der Waals surface area (Å²) in [4.78, 5) is 38.9. The van der Waals surface area contributed by atoms with Gasteiger partial charge >= 0.3 is 6.03 Å². The van der Waals surface area contributed by atoms with Crippen molar-refractivity contribution in [1.82, 2.24) is 4.90 Å². The van der Waals surface area contributed by atoms with Gasteiger partial charge in [-0.25, -0.2) is 9.69 Å². The number of aliphatic hydroxyl groups is 1. The molecule has 0 spiro atoms. The van der Waals surface area contributed by atoms with Gasteiger partial charge in [-0.2, -0.15) is 0 Å². The summed E-state index contributed by atoms with van der Waals surface area (Å²) >= 11 is 0. The molecule has 8 heteroatoms. The molecule has 2 aromatic rings. The molecule has 0 aliphatic carbocycles. The zero-order valence-corrected chi connectivity index (χ0v) is 13.4. The highest BCUT2D eigenvalue weighted by Gasteiger charge is 2.59. The zero-order chi connectivity index (χ0) is 17.9. The minimum atomic E-state index is -1.08. The normalized spacial score (nSPS) is 25.8. The topological polar surface area (TPSA) is 104 Å². The third kappa shape index (κ3) is 1.97. The second kappa shape index (κ2) is 5.00. The van der Waals surface area contributed by atoms with Crippen LogP contribution in [-0.2, 0) is 4.79 Å². The summed E-state index contributed by atoms with van der Waals surface area (Å²) in [5.74, 6) is -0.423. The maximum atomic E-state index is 12.9. The number of amides is 3. The Labute approximate surface area is 142 Å². The molecule has 0 bridgehead atoms. The summed E-state index contributed by atoms with van der Waals surface area (Å²) in [7, 11) is 0. The lowest BCUT2D eigenvalue weighted by Crippen LogP contribution is -2.41. The van der Waals surface area contributed by atoms with Crippen LogP contribution in [0.3, 0.4) is 0 Å². The molecular formula is C17H15N3O5. The number of β-amino-alcohol motifs (C(OH)–C–C–N with tert-alkyl or cyclic N) is 1. The van der Waals surface area contributed by atoms with Gasteiger partial charge in [-0.1, -0.05) is 18.2 Å². The predicted octanol–water partition coefficient (Wildman–Crippen LogP) is 2.04. The minimum Gasteiger partial charge on any atom is -0.391 e. The van der Waals surface area contributed by atoms with Gasteiger partial charge in [-0.05, 0) is 19.1 Å². The van der Waals surface area contributed by atoms with Gasteiger partial charge in [0.05, 0.1) is 22.1 Å². The smallest absolute Gasteiger partial charge is 0.332 e. The number of hydrogen-bond donors (Lipinski definition) is 1. The molecule has 2 atom stereocenters. The number of imide groups is 1. The number of nitro benzene ring substituents is 1. The molecule has 2 saturated heterocycles. The zero-order valence-electron chi connectivity index (χ0n) is 13.4. The summed E-state index contributed by atoms with van der Waals surface area (Å²) in [5, 5.41) is 21.9. The molecule has 2 fully saturated rings. The Hall–Kier alpha value is -3.00. The highest BCUT2D eigenvalue weighted by molar-refractivity contribution is 6.26. The largest absolute Gasteiger partial charge is 0.391 e. The number of hydrogen-bond acceptors (Lipinski definition) is 5. The van der Waals surface area contributed by atoms with E-state index in [2.05, 4.69) is 0 Å². The van der Waals surface area contributed by atoms with Gasteiger partial charge in [0.1, 0.15) is 5.54 Å². The number of benzene rings is 2. The number of fused-ring (bicyclic) bond motifs is 2. The minimum absolute atomic E-state index is 0.0828. The number of rotatable bonds is 2. The van der Waals surface area contributed by atoms with Gasteiger partial charge in [-0.15, -0.1) is 0 Å². The number of carbonyl (C=O) groups excluding carboxylic acids is 2. The molecular weight excluding hydrogens is 326 g/mol. The molecule has 3 amide bonds. The Morgan fingerprint density at radius 1 is 1.20 bits per heavy atom. The van der Waals surface area contributed by atoms with E-state index in [1.165, 1.54) is 17.0 Å². The van der Waals surface area contributed by atoms with Crippen LogP contribution in [0.15, 0.2) is 36.4 Å². The Bertz CT molecular complexity index is 943. The predicted molar refractivity (Wildman–Crippen MR) is 89.2 cm³/mol. The number of nitrogens with zero attached hydrogens (tertiary/aromatic N) is 3. The number of aliphatic hydroxyl groups excluding tert-OH is 1. The average Bonchev–Trinajstić information content (AvgIpc) is 2.98. The molecule has 8 nitrogen and oxygen atoms in total. The summed E-state index contributed by atoms with van der Waals surface area (Å²) in [6.45, 7) is 1.74. The van der Waals surface area contributed by atoms with E-state index >= 15 is 0 Å². The van der Waals surface area contributed by atoms with Gasteiger partial charge in [0, 0.05) is 24.4 Å². The first-order chi connectivity index (χ1) is 11.8. The molecule has 2 aliphatic rings. The summed E-state index contributed by atoms with van der Waals surface area (Å²) in [6, 6.07) is 8.84. The van der Waals surface area contributed by atoms with Crippen molar-refractivity contribution in [2.75, 3.05) is 11.4 Å². The summed E-state index contributed by atoms with van der Waals surface area (Å²) in [5.41, 5.74) is -0.846. The van der Waals surface area contributed by atoms with E-state index in [4.69, 9.17) is 0 Å². The van der Waals surface area contributed by atoms with Crippen LogP contribution in [0.5, 0.6) is 0 Å². The second-order valence-electron chi connectivity index (χ2n) is 6.57. The molecule has 0 saturated carbocycles. The first-order valence-corrected chi connectivity index (χ1v) is 7.85. The van der Waals surface area contributed by atoms with Crippen LogP contribution < -0.4 is 4.90 Å². The first kappa shape index (κ1) is 15.5. The molecule has 1 N–H and O–H groups in total. The van der Waals surface area contributed by atoms with Crippen molar-refractivity contribution < 1.29 is 19.6 Å². The fourth-order valence-electron chi connectivity index (χ4n) is 3.82. The lowest BCUT2D eigenvalue weighted by molar-refractivity contribution is -0.383. The maximum Gasteiger partial charge on any atom is 0.332 e. The van der Waals surface area contributed by atoms with Gasteiger partial charge in [-0.3, -0.25) is 14.9 Å². The van der Waals surface area contributed by atoms with Gasteiger partial charge in [0.25, 0.3) is 11.6 Å². The van der Waals surface area contributed by atoms with Crippen LogP contribution in [0, 0.1) is 10.1 Å². The molecule has 2 heterocycles. The van der Waals surface area contributed by atoms with E-state index in [9.17, 15) is 24.8 Å². The molecule has 2 aromatic carbocycles. The summed E-state index contributed by atoms with van der Waals surface area (Å²) < 4.78 is 0. The van der Waals surface area contributed by atoms with Crippen molar-refractivity contribution in [3.8, 4) is 0 Å². The van der Waals surface area contributed by atoms with Crippen molar-refractivity contribution in [3.63, 3.8) is 0 Å². The van der Waals surface area contributed by atoms with Gasteiger partial charge in [0.15, 0.2) is 0 Å². The van der Waals surface area contributed by atoms with Gasteiger partial charge in [0.2, 0.25) is 0 Å². The third-order valence-electron chi connectivity index (χ3n) is 5.02. The standard InChI is InChI=1S/C17H15N3O5/c1-17-8-10(21)9-18(17)16(23)19(15(17)22)13-6-7-14(20(24)25)12-5-3-2-4-11(12)13/h2-7,10,21H,8-9H2,1H3/t10-,17?/m0/s1. The number of nitro groups is 1. The van der Waals surface area contributed by atoms with E-state index < -0.39 is 28.5 Å². The quantitative estimate of drug-likeness (QED) is 0.511. The van der Waals surface area contributed by atoms with Gasteiger partial charge < -0.3 is 10.0 Å².